The fourth-order valence-electron chi connectivity index (χ4n) is 0.825. The molecule has 0 fully saturated rings. The normalized spacial score (nSPS) is 11.4. The third-order valence-corrected chi connectivity index (χ3v) is 1.39. The Morgan fingerprint density at radius 2 is 1.92 bits per heavy atom. The highest BCUT2D eigenvalue weighted by atomic mass is 14.7. The van der Waals surface area contributed by atoms with Crippen molar-refractivity contribution < 1.29 is 0 Å². The van der Waals surface area contributed by atoms with E-state index < -0.39 is 0 Å². The highest BCUT2D eigenvalue weighted by molar-refractivity contribution is 5.80. The maximum atomic E-state index is 4.23. The van der Waals surface area contributed by atoms with Crippen LogP contribution in [-0.4, -0.2) is 19.5 Å². The van der Waals surface area contributed by atoms with Crippen LogP contribution in [0.5, 0.6) is 0 Å². The van der Waals surface area contributed by atoms with Crippen LogP contribution in [-0.2, 0) is 0 Å². The van der Waals surface area contributed by atoms with Crippen LogP contribution in [0.4, 0.5) is 5.69 Å². The van der Waals surface area contributed by atoms with E-state index in [-0.39, 0.29) is 0 Å². The van der Waals surface area contributed by atoms with E-state index in [1.165, 1.54) is 0 Å². The monoisotopic (exact) mass is 160 g/mol. The van der Waals surface area contributed by atoms with E-state index in [0.29, 0.717) is 0 Å². The van der Waals surface area contributed by atoms with Crippen molar-refractivity contribution in [3.63, 3.8) is 0 Å². The lowest BCUT2D eigenvalue weighted by Gasteiger charge is -1.88. The summed E-state index contributed by atoms with van der Waals surface area (Å²) in [6.45, 7) is 0. The second kappa shape index (κ2) is 5.24. The number of hydrogen-bond acceptors (Lipinski definition) is 2. The molecule has 0 atom stereocenters. The van der Waals surface area contributed by atoms with Gasteiger partial charge >= 0.3 is 0 Å². The second-order valence-corrected chi connectivity index (χ2v) is 2.32. The van der Waals surface area contributed by atoms with Gasteiger partial charge in [-0.3, -0.25) is 4.99 Å². The summed E-state index contributed by atoms with van der Waals surface area (Å²) in [5, 5.41) is 0. The SMILES string of the molecule is C/N=C/C/C=N/c1ccccc1. The first-order chi connectivity index (χ1) is 5.93. The van der Waals surface area contributed by atoms with Crippen LogP contribution in [0.3, 0.4) is 0 Å². The minimum atomic E-state index is 0.797. The number of aliphatic imine (C=N–C) groups is 2. The molecule has 0 heterocycles. The molecule has 0 amide bonds. The van der Waals surface area contributed by atoms with Gasteiger partial charge < -0.3 is 4.99 Å². The molecule has 0 spiro atoms. The Kier molecular flexibility index (Phi) is 3.78. The van der Waals surface area contributed by atoms with Crippen LogP contribution in [0.15, 0.2) is 40.3 Å². The summed E-state index contributed by atoms with van der Waals surface area (Å²) in [6, 6.07) is 9.87. The molecule has 0 aliphatic carbocycles. The molecule has 0 radical (unpaired) electrons. The van der Waals surface area contributed by atoms with Crippen molar-refractivity contribution in [2.45, 2.75) is 6.42 Å². The number of benzene rings is 1. The number of para-hydroxylation sites is 1. The van der Waals surface area contributed by atoms with Crippen LogP contribution in [0.2, 0.25) is 0 Å². The van der Waals surface area contributed by atoms with E-state index >= 15 is 0 Å². The van der Waals surface area contributed by atoms with E-state index in [4.69, 9.17) is 0 Å². The van der Waals surface area contributed by atoms with Crippen molar-refractivity contribution in [2.75, 3.05) is 7.05 Å². The molecular weight excluding hydrogens is 148 g/mol. The summed E-state index contributed by atoms with van der Waals surface area (Å²) in [7, 11) is 1.76. The quantitative estimate of drug-likeness (QED) is 0.607. The van der Waals surface area contributed by atoms with Crippen LogP contribution >= 0.6 is 0 Å². The number of hydrogen-bond donors (Lipinski definition) is 0. The Morgan fingerprint density at radius 1 is 1.17 bits per heavy atom. The van der Waals surface area contributed by atoms with Crippen molar-refractivity contribution in [3.8, 4) is 0 Å². The van der Waals surface area contributed by atoms with E-state index in [0.717, 1.165) is 12.1 Å². The first-order valence-corrected chi connectivity index (χ1v) is 3.91. The highest BCUT2D eigenvalue weighted by Gasteiger charge is 1.81. The molecule has 1 rings (SSSR count). The minimum Gasteiger partial charge on any atom is -0.300 e. The van der Waals surface area contributed by atoms with E-state index in [1.54, 1.807) is 7.05 Å². The van der Waals surface area contributed by atoms with Gasteiger partial charge in [0.25, 0.3) is 0 Å². The summed E-state index contributed by atoms with van der Waals surface area (Å²) in [5.41, 5.74) is 0.988. The topological polar surface area (TPSA) is 24.7 Å². The lowest BCUT2D eigenvalue weighted by molar-refractivity contribution is 1.43. The zero-order chi connectivity index (χ0) is 8.65. The van der Waals surface area contributed by atoms with E-state index in [9.17, 15) is 0 Å². The molecule has 2 heteroatoms. The summed E-state index contributed by atoms with van der Waals surface area (Å²) in [4.78, 5) is 8.08. The van der Waals surface area contributed by atoms with Gasteiger partial charge in [-0.1, -0.05) is 18.2 Å². The van der Waals surface area contributed by atoms with Crippen molar-refractivity contribution in [2.24, 2.45) is 9.98 Å². The molecule has 62 valence electrons. The summed E-state index contributed by atoms with van der Waals surface area (Å²) >= 11 is 0. The first-order valence-electron chi connectivity index (χ1n) is 3.91. The van der Waals surface area contributed by atoms with Gasteiger partial charge in [0.1, 0.15) is 0 Å². The Labute approximate surface area is 72.7 Å². The lowest BCUT2D eigenvalue weighted by Crippen LogP contribution is -1.75. The predicted molar refractivity (Wildman–Crippen MR) is 53.6 cm³/mol. The molecule has 0 unspecified atom stereocenters. The van der Waals surface area contributed by atoms with Gasteiger partial charge in [-0.2, -0.15) is 0 Å². The molecule has 0 N–H and O–H groups in total. The summed E-state index contributed by atoms with van der Waals surface area (Å²) in [6.07, 6.45) is 4.47. The number of nitrogens with zero attached hydrogens (tertiary/aromatic N) is 2. The third kappa shape index (κ3) is 3.10. The molecule has 1 aromatic rings. The molecule has 0 saturated heterocycles. The van der Waals surface area contributed by atoms with Gasteiger partial charge in [0.15, 0.2) is 0 Å². The smallest absolute Gasteiger partial charge is 0.0625 e. The number of rotatable bonds is 3. The van der Waals surface area contributed by atoms with Crippen molar-refractivity contribution >= 4 is 18.1 Å². The standard InChI is InChI=1S/C10H12N2/c1-11-8-5-9-12-10-6-3-2-4-7-10/h2-4,6-9H,5H2,1H3/b11-8+,12-9+. The van der Waals surface area contributed by atoms with Gasteiger partial charge in [0.2, 0.25) is 0 Å². The molecular formula is C10H12N2. The van der Waals surface area contributed by atoms with Gasteiger partial charge in [-0.15, -0.1) is 0 Å². The summed E-state index contributed by atoms with van der Waals surface area (Å²) < 4.78 is 0. The lowest BCUT2D eigenvalue weighted by atomic mass is 10.3. The van der Waals surface area contributed by atoms with Crippen LogP contribution in [0.1, 0.15) is 6.42 Å². The van der Waals surface area contributed by atoms with E-state index in [1.807, 2.05) is 42.8 Å². The first kappa shape index (κ1) is 8.65. The van der Waals surface area contributed by atoms with Gasteiger partial charge in [0, 0.05) is 25.9 Å². The molecule has 0 aliphatic heterocycles. The van der Waals surface area contributed by atoms with Gasteiger partial charge in [-0.05, 0) is 12.1 Å². The summed E-state index contributed by atoms with van der Waals surface area (Å²) in [5.74, 6) is 0. The van der Waals surface area contributed by atoms with E-state index in [2.05, 4.69) is 9.98 Å². The molecule has 1 aromatic carbocycles. The Balaban J connectivity index is 2.47. The average Bonchev–Trinajstić information content (AvgIpc) is 2.14. The molecule has 0 aromatic heterocycles. The molecule has 2 nitrogen and oxygen atoms in total. The molecule has 12 heavy (non-hydrogen) atoms. The zero-order valence-corrected chi connectivity index (χ0v) is 7.14. The Bertz CT molecular complexity index is 262. The maximum absolute atomic E-state index is 4.23. The minimum absolute atomic E-state index is 0.797. The van der Waals surface area contributed by atoms with Crippen LogP contribution in [0.25, 0.3) is 0 Å². The van der Waals surface area contributed by atoms with Crippen molar-refractivity contribution in [3.05, 3.63) is 30.3 Å². The van der Waals surface area contributed by atoms with Crippen molar-refractivity contribution in [1.82, 2.24) is 0 Å². The molecule has 0 saturated carbocycles. The van der Waals surface area contributed by atoms with Gasteiger partial charge in [0.05, 0.1) is 5.69 Å². The molecule has 0 aliphatic rings. The zero-order valence-electron chi connectivity index (χ0n) is 7.14. The predicted octanol–water partition coefficient (Wildman–Crippen LogP) is 2.48. The fraction of sp³-hybridized carbons (Fsp3) is 0.200. The largest absolute Gasteiger partial charge is 0.300 e. The highest BCUT2D eigenvalue weighted by Crippen LogP contribution is 2.08. The maximum Gasteiger partial charge on any atom is 0.0625 e. The third-order valence-electron chi connectivity index (χ3n) is 1.39. The van der Waals surface area contributed by atoms with Crippen LogP contribution < -0.4 is 0 Å². The van der Waals surface area contributed by atoms with Crippen molar-refractivity contribution in [1.29, 1.82) is 0 Å². The Hall–Kier alpha value is -1.44. The molecule has 0 bridgehead atoms. The fourth-order valence-corrected chi connectivity index (χ4v) is 0.825. The Morgan fingerprint density at radius 3 is 2.58 bits per heavy atom. The second-order valence-electron chi connectivity index (χ2n) is 2.32. The van der Waals surface area contributed by atoms with Crippen LogP contribution in [0, 0.1) is 0 Å². The average molecular weight is 160 g/mol. The van der Waals surface area contributed by atoms with Gasteiger partial charge in [-0.25, -0.2) is 0 Å².